The van der Waals surface area contributed by atoms with E-state index in [-0.39, 0.29) is 19.8 Å². The summed E-state index contributed by atoms with van der Waals surface area (Å²) in [5.74, 6) is -0.752. The van der Waals surface area contributed by atoms with Gasteiger partial charge in [-0.1, -0.05) is 0 Å². The van der Waals surface area contributed by atoms with Crippen LogP contribution in [0.25, 0.3) is 0 Å². The van der Waals surface area contributed by atoms with E-state index in [1.165, 1.54) is 0 Å². The molecule has 2 unspecified atom stereocenters. The molecule has 8 heteroatoms. The molecular formula is C13H26N2O6. The first-order valence-electron chi connectivity index (χ1n) is 6.81. The smallest absolute Gasteiger partial charge is 0.411 e. The van der Waals surface area contributed by atoms with Gasteiger partial charge in [-0.15, -0.1) is 0 Å². The van der Waals surface area contributed by atoms with Crippen LogP contribution in [0.2, 0.25) is 0 Å². The molecule has 4 N–H and O–H groups in total. The molecule has 0 heterocycles. The van der Waals surface area contributed by atoms with Crippen LogP contribution in [-0.4, -0.2) is 71.2 Å². The number of carbonyl (C=O) groups is 2. The van der Waals surface area contributed by atoms with Crippen molar-refractivity contribution in [3.8, 4) is 0 Å². The van der Waals surface area contributed by atoms with Crippen LogP contribution in [0.15, 0.2) is 0 Å². The van der Waals surface area contributed by atoms with Gasteiger partial charge in [0, 0.05) is 6.54 Å². The maximum absolute atomic E-state index is 12.2. The molecule has 0 saturated carbocycles. The summed E-state index contributed by atoms with van der Waals surface area (Å²) in [5.41, 5.74) is 4.93. The number of hydrogen-bond donors (Lipinski definition) is 3. The number of nitrogens with zero attached hydrogens (tertiary/aromatic N) is 1. The Kier molecular flexibility index (Phi) is 8.23. The molecule has 0 saturated heterocycles. The summed E-state index contributed by atoms with van der Waals surface area (Å²) in [6.45, 7) is 5.68. The summed E-state index contributed by atoms with van der Waals surface area (Å²) in [7, 11) is 0. The Morgan fingerprint density at radius 1 is 1.29 bits per heavy atom. The van der Waals surface area contributed by atoms with E-state index in [9.17, 15) is 14.7 Å². The van der Waals surface area contributed by atoms with Gasteiger partial charge in [0.2, 0.25) is 0 Å². The van der Waals surface area contributed by atoms with Gasteiger partial charge in [0.1, 0.15) is 11.6 Å². The van der Waals surface area contributed by atoms with E-state index >= 15 is 0 Å². The monoisotopic (exact) mass is 306 g/mol. The number of hydrogen-bond acceptors (Lipinski definition) is 7. The lowest BCUT2D eigenvalue weighted by molar-refractivity contribution is -0.150. The highest BCUT2D eigenvalue weighted by Gasteiger charge is 2.37. The molecule has 0 rings (SSSR count). The molecule has 0 aromatic rings. The minimum atomic E-state index is -1.23. The predicted octanol–water partition coefficient (Wildman–Crippen LogP) is -0.533. The SMILES string of the molecule is CCOC(=O)C(C(N)CO)N(CCO)C(=O)OC(C)(C)C. The van der Waals surface area contributed by atoms with Gasteiger partial charge in [-0.3, -0.25) is 4.90 Å². The van der Waals surface area contributed by atoms with E-state index in [4.69, 9.17) is 20.3 Å². The third-order valence-corrected chi connectivity index (χ3v) is 2.45. The van der Waals surface area contributed by atoms with Crippen LogP contribution in [0.3, 0.4) is 0 Å². The molecule has 8 nitrogen and oxygen atoms in total. The van der Waals surface area contributed by atoms with Crippen LogP contribution in [0.5, 0.6) is 0 Å². The summed E-state index contributed by atoms with van der Waals surface area (Å²) >= 11 is 0. The lowest BCUT2D eigenvalue weighted by Crippen LogP contribution is -2.58. The number of rotatable bonds is 7. The van der Waals surface area contributed by atoms with Gasteiger partial charge < -0.3 is 25.4 Å². The van der Waals surface area contributed by atoms with Crippen LogP contribution < -0.4 is 5.73 Å². The maximum Gasteiger partial charge on any atom is 0.411 e. The second kappa shape index (κ2) is 8.81. The number of ether oxygens (including phenoxy) is 2. The second-order valence-corrected chi connectivity index (χ2v) is 5.44. The normalized spacial score (nSPS) is 14.2. The van der Waals surface area contributed by atoms with Crippen molar-refractivity contribution in [3.63, 3.8) is 0 Å². The Balaban J connectivity index is 5.30. The zero-order chi connectivity index (χ0) is 16.6. The topological polar surface area (TPSA) is 122 Å². The minimum absolute atomic E-state index is 0.106. The minimum Gasteiger partial charge on any atom is -0.464 e. The summed E-state index contributed by atoms with van der Waals surface area (Å²) < 4.78 is 10.1. The molecule has 0 fully saturated rings. The number of esters is 1. The van der Waals surface area contributed by atoms with Gasteiger partial charge in [0.25, 0.3) is 0 Å². The standard InChI is InChI=1S/C13H26N2O6/c1-5-20-11(18)10(9(14)8-17)15(6-7-16)12(19)21-13(2,3)4/h9-10,16-17H,5-8,14H2,1-4H3. The first-order chi connectivity index (χ1) is 9.67. The van der Waals surface area contributed by atoms with Crippen LogP contribution in [0, 0.1) is 0 Å². The van der Waals surface area contributed by atoms with Crippen molar-refractivity contribution in [1.82, 2.24) is 4.90 Å². The lowest BCUT2D eigenvalue weighted by Gasteiger charge is -2.34. The Morgan fingerprint density at radius 3 is 2.24 bits per heavy atom. The van der Waals surface area contributed by atoms with Crippen LogP contribution in [0.4, 0.5) is 4.79 Å². The van der Waals surface area contributed by atoms with E-state index < -0.39 is 36.4 Å². The molecule has 0 aromatic heterocycles. The summed E-state index contributed by atoms with van der Waals surface area (Å²) in [6, 6.07) is -2.26. The number of amides is 1. The molecule has 0 aliphatic carbocycles. The zero-order valence-corrected chi connectivity index (χ0v) is 13.0. The number of carbonyl (C=O) groups excluding carboxylic acids is 2. The van der Waals surface area contributed by atoms with Crippen LogP contribution in [0.1, 0.15) is 27.7 Å². The van der Waals surface area contributed by atoms with Crippen molar-refractivity contribution in [3.05, 3.63) is 0 Å². The van der Waals surface area contributed by atoms with Gasteiger partial charge in [0.05, 0.1) is 25.9 Å². The quantitative estimate of drug-likeness (QED) is 0.540. The van der Waals surface area contributed by atoms with Gasteiger partial charge in [0.15, 0.2) is 0 Å². The van der Waals surface area contributed by atoms with Crippen molar-refractivity contribution in [1.29, 1.82) is 0 Å². The highest BCUT2D eigenvalue weighted by Crippen LogP contribution is 2.14. The Bertz CT molecular complexity index is 342. The molecule has 0 aliphatic heterocycles. The summed E-state index contributed by atoms with van der Waals surface area (Å²) in [4.78, 5) is 25.1. The second-order valence-electron chi connectivity index (χ2n) is 5.44. The van der Waals surface area contributed by atoms with E-state index in [0.29, 0.717) is 0 Å². The van der Waals surface area contributed by atoms with E-state index in [1.54, 1.807) is 27.7 Å². The highest BCUT2D eigenvalue weighted by molar-refractivity contribution is 5.82. The third kappa shape index (κ3) is 6.74. The zero-order valence-electron chi connectivity index (χ0n) is 13.0. The maximum atomic E-state index is 12.2. The predicted molar refractivity (Wildman–Crippen MR) is 75.5 cm³/mol. The van der Waals surface area contributed by atoms with Crippen molar-refractivity contribution >= 4 is 12.1 Å². The van der Waals surface area contributed by atoms with Crippen molar-refractivity contribution in [2.45, 2.75) is 45.4 Å². The molecule has 0 aliphatic rings. The van der Waals surface area contributed by atoms with Crippen molar-refractivity contribution in [2.75, 3.05) is 26.4 Å². The molecule has 0 bridgehead atoms. The summed E-state index contributed by atoms with van der Waals surface area (Å²) in [6.07, 6.45) is -0.807. The van der Waals surface area contributed by atoms with E-state index in [2.05, 4.69) is 0 Å². The van der Waals surface area contributed by atoms with Crippen molar-refractivity contribution < 1.29 is 29.3 Å². The van der Waals surface area contributed by atoms with E-state index in [1.807, 2.05) is 0 Å². The van der Waals surface area contributed by atoms with E-state index in [0.717, 1.165) is 4.90 Å². The van der Waals surface area contributed by atoms with Crippen molar-refractivity contribution in [2.24, 2.45) is 5.73 Å². The Hall–Kier alpha value is -1.38. The molecule has 2 atom stereocenters. The Morgan fingerprint density at radius 2 is 1.86 bits per heavy atom. The molecule has 21 heavy (non-hydrogen) atoms. The van der Waals surface area contributed by atoms with Gasteiger partial charge in [-0.2, -0.15) is 0 Å². The average molecular weight is 306 g/mol. The molecule has 0 aromatic carbocycles. The molecule has 1 amide bonds. The van der Waals surface area contributed by atoms with Crippen LogP contribution in [-0.2, 0) is 14.3 Å². The average Bonchev–Trinajstić information content (AvgIpc) is 2.36. The lowest BCUT2D eigenvalue weighted by atomic mass is 10.1. The molecule has 0 spiro atoms. The molecule has 124 valence electrons. The number of aliphatic hydroxyl groups excluding tert-OH is 2. The fourth-order valence-electron chi connectivity index (χ4n) is 1.63. The number of nitrogens with two attached hydrogens (primary N) is 1. The first-order valence-corrected chi connectivity index (χ1v) is 6.81. The number of aliphatic hydroxyl groups is 2. The largest absolute Gasteiger partial charge is 0.464 e. The van der Waals surface area contributed by atoms with Gasteiger partial charge in [-0.25, -0.2) is 9.59 Å². The summed E-state index contributed by atoms with van der Waals surface area (Å²) in [5, 5.41) is 18.3. The van der Waals surface area contributed by atoms with Gasteiger partial charge in [-0.05, 0) is 27.7 Å². The fourth-order valence-corrected chi connectivity index (χ4v) is 1.63. The highest BCUT2D eigenvalue weighted by atomic mass is 16.6. The first kappa shape index (κ1) is 19.6. The molecular weight excluding hydrogens is 280 g/mol. The van der Waals surface area contributed by atoms with Crippen LogP contribution >= 0.6 is 0 Å². The van der Waals surface area contributed by atoms with Gasteiger partial charge >= 0.3 is 12.1 Å². The fraction of sp³-hybridized carbons (Fsp3) is 0.846. The molecule has 0 radical (unpaired) electrons. The third-order valence-electron chi connectivity index (χ3n) is 2.45. The Labute approximate surface area is 124 Å².